The predicted molar refractivity (Wildman–Crippen MR) is 144 cm³/mol. The summed E-state index contributed by atoms with van der Waals surface area (Å²) in [6.07, 6.45) is 0. The van der Waals surface area contributed by atoms with Crippen molar-refractivity contribution in [3.05, 3.63) is 101 Å². The molecule has 0 aliphatic carbocycles. The Kier molecular flexibility index (Phi) is 6.16. The number of nitrogens with zero attached hydrogens (tertiary/aromatic N) is 2. The van der Waals surface area contributed by atoms with Crippen LogP contribution < -0.4 is 10.9 Å². The van der Waals surface area contributed by atoms with Gasteiger partial charge >= 0.3 is 0 Å². The number of thiazole rings is 1. The molecule has 0 atom stereocenters. The monoisotopic (exact) mass is 495 g/mol. The summed E-state index contributed by atoms with van der Waals surface area (Å²) in [5.74, 6) is -0.313. The van der Waals surface area contributed by atoms with Crippen LogP contribution in [0, 0.1) is 0 Å². The Hall–Kier alpha value is -4.23. The lowest BCUT2D eigenvalue weighted by Crippen LogP contribution is -2.21. The van der Waals surface area contributed by atoms with Crippen molar-refractivity contribution in [1.82, 2.24) is 4.98 Å². The largest absolute Gasteiger partial charge is 0.508 e. The number of anilines is 1. The van der Waals surface area contributed by atoms with Gasteiger partial charge in [0.1, 0.15) is 16.9 Å². The van der Waals surface area contributed by atoms with Gasteiger partial charge in [-0.1, -0.05) is 63.2 Å². The molecule has 0 bridgehead atoms. The molecule has 0 aliphatic rings. The van der Waals surface area contributed by atoms with E-state index < -0.39 is 0 Å². The molecule has 1 amide bonds. The van der Waals surface area contributed by atoms with Crippen LogP contribution in [-0.4, -0.2) is 16.0 Å². The summed E-state index contributed by atoms with van der Waals surface area (Å²) in [7, 11) is 0. The van der Waals surface area contributed by atoms with Gasteiger partial charge in [-0.3, -0.25) is 10.1 Å². The van der Waals surface area contributed by atoms with Crippen LogP contribution in [0.5, 0.6) is 5.75 Å². The van der Waals surface area contributed by atoms with Crippen molar-refractivity contribution in [2.75, 3.05) is 5.32 Å². The fraction of sp³-hybridized carbons (Fsp3) is 0.138. The Morgan fingerprint density at radius 3 is 2.47 bits per heavy atom. The summed E-state index contributed by atoms with van der Waals surface area (Å²) in [6, 6.07) is 24.0. The number of hydrogen-bond acceptors (Lipinski definition) is 6. The highest BCUT2D eigenvalue weighted by molar-refractivity contribution is 7.14. The first kappa shape index (κ1) is 23.5. The lowest BCUT2D eigenvalue weighted by atomic mass is 9.86. The number of benzene rings is 3. The average Bonchev–Trinajstić information content (AvgIpc) is 3.32. The van der Waals surface area contributed by atoms with Crippen LogP contribution in [0.2, 0.25) is 0 Å². The molecule has 2 aromatic heterocycles. The van der Waals surface area contributed by atoms with E-state index in [9.17, 15) is 9.90 Å². The van der Waals surface area contributed by atoms with E-state index in [0.29, 0.717) is 21.8 Å². The van der Waals surface area contributed by atoms with E-state index in [-0.39, 0.29) is 28.2 Å². The van der Waals surface area contributed by atoms with Gasteiger partial charge in [0.15, 0.2) is 5.13 Å². The average molecular weight is 496 g/mol. The van der Waals surface area contributed by atoms with Gasteiger partial charge in [-0.25, -0.2) is 9.98 Å². The van der Waals surface area contributed by atoms with Crippen LogP contribution in [0.4, 0.5) is 10.8 Å². The fourth-order valence-corrected chi connectivity index (χ4v) is 4.46. The molecule has 7 heteroatoms. The molecular formula is C29H25N3O3S. The zero-order valence-electron chi connectivity index (χ0n) is 20.1. The van der Waals surface area contributed by atoms with Crippen LogP contribution in [0.15, 0.2) is 93.7 Å². The minimum absolute atomic E-state index is 0.0694. The van der Waals surface area contributed by atoms with Gasteiger partial charge in [-0.15, -0.1) is 11.3 Å². The van der Waals surface area contributed by atoms with Gasteiger partial charge in [-0.05, 0) is 41.3 Å². The zero-order valence-corrected chi connectivity index (χ0v) is 21.0. The molecule has 3 aromatic carbocycles. The number of carbonyl (C=O) groups excluding carboxylic acids is 1. The lowest BCUT2D eigenvalue weighted by molar-refractivity contribution is 0.102. The van der Waals surface area contributed by atoms with Crippen LogP contribution in [-0.2, 0) is 5.41 Å². The predicted octanol–water partition coefficient (Wildman–Crippen LogP) is 7.04. The molecule has 0 saturated carbocycles. The minimum Gasteiger partial charge on any atom is -0.508 e. The third-order valence-corrected chi connectivity index (χ3v) is 6.49. The van der Waals surface area contributed by atoms with Gasteiger partial charge in [0.05, 0.1) is 11.4 Å². The van der Waals surface area contributed by atoms with E-state index in [0.717, 1.165) is 11.3 Å². The molecule has 5 rings (SSSR count). The summed E-state index contributed by atoms with van der Waals surface area (Å²) in [4.78, 5) is 22.5. The highest BCUT2D eigenvalue weighted by atomic mass is 32.1. The number of hydrogen-bond donors (Lipinski definition) is 2. The second-order valence-corrected chi connectivity index (χ2v) is 10.3. The number of phenols is 1. The van der Waals surface area contributed by atoms with Crippen LogP contribution in [0.25, 0.3) is 22.2 Å². The molecule has 36 heavy (non-hydrogen) atoms. The van der Waals surface area contributed by atoms with Crippen molar-refractivity contribution in [3.8, 4) is 17.0 Å². The van der Waals surface area contributed by atoms with Crippen LogP contribution >= 0.6 is 11.3 Å². The summed E-state index contributed by atoms with van der Waals surface area (Å²) < 4.78 is 5.95. The van der Waals surface area contributed by atoms with Crippen molar-refractivity contribution in [1.29, 1.82) is 0 Å². The molecule has 0 spiro atoms. The number of fused-ring (bicyclic) bond motifs is 1. The maximum atomic E-state index is 13.3. The maximum absolute atomic E-state index is 13.3. The SMILES string of the molecule is CC(C)(C)c1ccc(-c2csc(NC(=O)c3cc4ccc(O)cc4oc3=Nc3ccccc3)n2)cc1. The number of rotatable bonds is 4. The topological polar surface area (TPSA) is 87.7 Å². The smallest absolute Gasteiger partial charge is 0.262 e. The first-order chi connectivity index (χ1) is 17.3. The van der Waals surface area contributed by atoms with E-state index in [1.165, 1.54) is 23.0 Å². The van der Waals surface area contributed by atoms with E-state index in [1.807, 2.05) is 35.7 Å². The maximum Gasteiger partial charge on any atom is 0.262 e. The molecule has 0 unspecified atom stereocenters. The van der Waals surface area contributed by atoms with Gasteiger partial charge in [-0.2, -0.15) is 0 Å². The van der Waals surface area contributed by atoms with Crippen molar-refractivity contribution >= 4 is 39.0 Å². The molecule has 0 fully saturated rings. The molecular weight excluding hydrogens is 470 g/mol. The van der Waals surface area contributed by atoms with Crippen LogP contribution in [0.1, 0.15) is 36.7 Å². The van der Waals surface area contributed by atoms with Crippen molar-refractivity contribution < 1.29 is 14.3 Å². The van der Waals surface area contributed by atoms with E-state index in [2.05, 4.69) is 60.3 Å². The normalized spacial score (nSPS) is 12.1. The summed E-state index contributed by atoms with van der Waals surface area (Å²) in [5, 5.41) is 15.8. The number of aromatic nitrogens is 1. The van der Waals surface area contributed by atoms with Gasteiger partial charge < -0.3 is 9.52 Å². The Balaban J connectivity index is 1.47. The zero-order chi connectivity index (χ0) is 25.3. The molecule has 0 aliphatic heterocycles. The third kappa shape index (κ3) is 5.06. The van der Waals surface area contributed by atoms with Gasteiger partial charge in [0.2, 0.25) is 5.55 Å². The van der Waals surface area contributed by atoms with E-state index >= 15 is 0 Å². The number of nitrogens with one attached hydrogen (secondary N) is 1. The molecule has 2 N–H and O–H groups in total. The summed E-state index contributed by atoms with van der Waals surface area (Å²) in [6.45, 7) is 6.54. The Morgan fingerprint density at radius 1 is 1.00 bits per heavy atom. The minimum atomic E-state index is -0.382. The second kappa shape index (κ2) is 9.43. The third-order valence-electron chi connectivity index (χ3n) is 5.74. The van der Waals surface area contributed by atoms with Crippen LogP contribution in [0.3, 0.4) is 0 Å². The molecule has 2 heterocycles. The first-order valence-electron chi connectivity index (χ1n) is 11.5. The lowest BCUT2D eigenvalue weighted by Gasteiger charge is -2.18. The highest BCUT2D eigenvalue weighted by Gasteiger charge is 2.17. The molecule has 0 saturated heterocycles. The molecule has 180 valence electrons. The van der Waals surface area contributed by atoms with E-state index in [1.54, 1.807) is 18.2 Å². The number of amides is 1. The fourth-order valence-electron chi connectivity index (χ4n) is 3.74. The van der Waals surface area contributed by atoms with Crippen molar-refractivity contribution in [2.45, 2.75) is 26.2 Å². The van der Waals surface area contributed by atoms with Gasteiger partial charge in [0.25, 0.3) is 5.91 Å². The molecule has 6 nitrogen and oxygen atoms in total. The van der Waals surface area contributed by atoms with E-state index in [4.69, 9.17) is 4.42 Å². The summed E-state index contributed by atoms with van der Waals surface area (Å²) >= 11 is 1.36. The van der Waals surface area contributed by atoms with Crippen molar-refractivity contribution in [2.24, 2.45) is 4.99 Å². The first-order valence-corrected chi connectivity index (χ1v) is 12.4. The summed E-state index contributed by atoms with van der Waals surface area (Å²) in [5.41, 5.74) is 4.59. The Bertz CT molecular complexity index is 1610. The Labute approximate surface area is 212 Å². The number of aromatic hydroxyl groups is 1. The van der Waals surface area contributed by atoms with Crippen molar-refractivity contribution in [3.63, 3.8) is 0 Å². The van der Waals surface area contributed by atoms with Gasteiger partial charge in [0, 0.05) is 22.4 Å². The second-order valence-electron chi connectivity index (χ2n) is 9.45. The number of phenolic OH excluding ortho intramolecular Hbond substituents is 1. The molecule has 5 aromatic rings. The number of para-hydroxylation sites is 1. The Morgan fingerprint density at radius 2 is 1.75 bits per heavy atom. The highest BCUT2D eigenvalue weighted by Crippen LogP contribution is 2.29. The molecule has 0 radical (unpaired) electrons. The quantitative estimate of drug-likeness (QED) is 0.280. The number of carbonyl (C=O) groups is 1. The standard InChI is InChI=1S/C29H25N3O3S/c1-29(2,3)20-12-9-18(10-13-20)24-17-36-28(31-24)32-26(34)23-15-19-11-14-22(33)16-25(19)35-27(23)30-21-7-5-4-6-8-21/h4-17,33H,1-3H3,(H,31,32,34).